The summed E-state index contributed by atoms with van der Waals surface area (Å²) in [5, 5.41) is 12.0. The highest BCUT2D eigenvalue weighted by Crippen LogP contribution is 2.30. The predicted molar refractivity (Wildman–Crippen MR) is 166 cm³/mol. The molecule has 8 heteroatoms. The summed E-state index contributed by atoms with van der Waals surface area (Å²) in [6, 6.07) is 27.6. The standard InChI is InChI=1S/C34H34N2O5S/c1-22-7-8-23(2)32(21-22)42-36-25-11-15-27(16-12-25)41-29-19-17-28(18-20-29)40-26-13-9-24(10-14-26)33(37)35-31-6-4-3-5-30(31)34(38)39/h3-10,13-14,17-21,25,27,36H,11-12,15-16H2,1-2H3,(H,35,37)(H,38,39). The maximum Gasteiger partial charge on any atom is 0.337 e. The van der Waals surface area contributed by atoms with Gasteiger partial charge >= 0.3 is 5.97 Å². The number of hydrogen-bond donors (Lipinski definition) is 3. The lowest BCUT2D eigenvalue weighted by Gasteiger charge is -2.29. The van der Waals surface area contributed by atoms with Gasteiger partial charge in [0.25, 0.3) is 5.91 Å². The van der Waals surface area contributed by atoms with Crippen LogP contribution < -0.4 is 19.5 Å². The third-order valence-corrected chi connectivity index (χ3v) is 8.35. The Bertz CT molecular complexity index is 1530. The summed E-state index contributed by atoms with van der Waals surface area (Å²) in [4.78, 5) is 25.3. The quantitative estimate of drug-likeness (QED) is 0.163. The van der Waals surface area contributed by atoms with Crippen LogP contribution in [0.15, 0.2) is 95.9 Å². The number of carbonyl (C=O) groups is 2. The molecular formula is C34H34N2O5S. The first kappa shape index (κ1) is 29.2. The van der Waals surface area contributed by atoms with E-state index in [1.54, 1.807) is 54.4 Å². The van der Waals surface area contributed by atoms with Crippen molar-refractivity contribution in [1.29, 1.82) is 0 Å². The van der Waals surface area contributed by atoms with E-state index in [2.05, 4.69) is 42.1 Å². The van der Waals surface area contributed by atoms with E-state index < -0.39 is 11.9 Å². The van der Waals surface area contributed by atoms with Crippen LogP contribution in [0, 0.1) is 13.8 Å². The van der Waals surface area contributed by atoms with Gasteiger partial charge < -0.3 is 19.9 Å². The summed E-state index contributed by atoms with van der Waals surface area (Å²) >= 11 is 1.73. The molecule has 0 bridgehead atoms. The first-order chi connectivity index (χ1) is 20.3. The van der Waals surface area contributed by atoms with Crippen LogP contribution in [0.2, 0.25) is 0 Å². The fourth-order valence-electron chi connectivity index (χ4n) is 4.82. The number of aryl methyl sites for hydroxylation is 2. The largest absolute Gasteiger partial charge is 0.490 e. The Kier molecular flexibility index (Phi) is 9.46. The van der Waals surface area contributed by atoms with Crippen molar-refractivity contribution >= 4 is 29.5 Å². The molecule has 42 heavy (non-hydrogen) atoms. The third kappa shape index (κ3) is 7.72. The minimum absolute atomic E-state index is 0.0333. The average molecular weight is 583 g/mol. The molecule has 0 spiro atoms. The van der Waals surface area contributed by atoms with Crippen molar-refractivity contribution in [2.75, 3.05) is 5.32 Å². The van der Waals surface area contributed by atoms with Crippen molar-refractivity contribution in [2.24, 2.45) is 0 Å². The van der Waals surface area contributed by atoms with Gasteiger partial charge in [-0.25, -0.2) is 4.79 Å². The number of carboxylic acid groups (broad SMARTS) is 1. The highest BCUT2D eigenvalue weighted by Gasteiger charge is 2.23. The number of carbonyl (C=O) groups excluding carboxylic acids is 1. The van der Waals surface area contributed by atoms with Gasteiger partial charge in [-0.3, -0.25) is 9.52 Å². The average Bonchev–Trinajstić information content (AvgIpc) is 3.00. The molecule has 0 atom stereocenters. The molecule has 0 unspecified atom stereocenters. The van der Waals surface area contributed by atoms with Crippen LogP contribution in [0.4, 0.5) is 5.69 Å². The van der Waals surface area contributed by atoms with Crippen molar-refractivity contribution in [3.63, 3.8) is 0 Å². The molecule has 7 nitrogen and oxygen atoms in total. The van der Waals surface area contributed by atoms with Crippen molar-refractivity contribution < 1.29 is 24.2 Å². The van der Waals surface area contributed by atoms with Crippen molar-refractivity contribution in [1.82, 2.24) is 4.72 Å². The van der Waals surface area contributed by atoms with Crippen LogP contribution in [0.5, 0.6) is 17.2 Å². The van der Waals surface area contributed by atoms with Gasteiger partial charge in [-0.15, -0.1) is 0 Å². The van der Waals surface area contributed by atoms with Gasteiger partial charge in [0, 0.05) is 16.5 Å². The molecule has 3 N–H and O–H groups in total. The molecule has 0 saturated heterocycles. The second-order valence-electron chi connectivity index (χ2n) is 10.5. The summed E-state index contributed by atoms with van der Waals surface area (Å²) in [7, 11) is 0. The highest BCUT2D eigenvalue weighted by molar-refractivity contribution is 7.97. The van der Waals surface area contributed by atoms with E-state index in [4.69, 9.17) is 9.47 Å². The lowest BCUT2D eigenvalue weighted by atomic mass is 9.94. The van der Waals surface area contributed by atoms with Gasteiger partial charge in [-0.05, 0) is 129 Å². The smallest absolute Gasteiger partial charge is 0.337 e. The summed E-state index contributed by atoms with van der Waals surface area (Å²) < 4.78 is 15.8. The van der Waals surface area contributed by atoms with Crippen molar-refractivity contribution in [3.8, 4) is 17.2 Å². The first-order valence-electron chi connectivity index (χ1n) is 14.0. The molecule has 0 radical (unpaired) electrons. The van der Waals surface area contributed by atoms with E-state index >= 15 is 0 Å². The number of amides is 1. The van der Waals surface area contributed by atoms with E-state index in [0.717, 1.165) is 31.4 Å². The Balaban J connectivity index is 1.07. The third-order valence-electron chi connectivity index (χ3n) is 7.24. The van der Waals surface area contributed by atoms with Crippen molar-refractivity contribution in [3.05, 3.63) is 113 Å². The van der Waals surface area contributed by atoms with E-state index in [1.165, 1.54) is 22.1 Å². The van der Waals surface area contributed by atoms with E-state index in [0.29, 0.717) is 23.1 Å². The zero-order valence-electron chi connectivity index (χ0n) is 23.6. The number of benzene rings is 4. The minimum atomic E-state index is -1.10. The zero-order chi connectivity index (χ0) is 29.5. The van der Waals surface area contributed by atoms with Gasteiger partial charge in [0.15, 0.2) is 0 Å². The normalized spacial score (nSPS) is 16.4. The predicted octanol–water partition coefficient (Wildman–Crippen LogP) is 8.03. The number of aromatic carboxylic acids is 1. The van der Waals surface area contributed by atoms with Gasteiger partial charge in [-0.1, -0.05) is 24.3 Å². The summed E-state index contributed by atoms with van der Waals surface area (Å²) in [6.45, 7) is 4.27. The number of ether oxygens (including phenoxy) is 2. The molecule has 0 heterocycles. The SMILES string of the molecule is Cc1ccc(C)c(SNC2CCC(Oc3ccc(Oc4ccc(C(=O)Nc5ccccc5C(=O)O)cc4)cc3)CC2)c1. The molecule has 1 fully saturated rings. The van der Waals surface area contributed by atoms with Crippen LogP contribution in [-0.2, 0) is 0 Å². The maximum absolute atomic E-state index is 12.6. The molecule has 216 valence electrons. The Morgan fingerprint density at radius 3 is 2.14 bits per heavy atom. The van der Waals surface area contributed by atoms with Crippen LogP contribution in [0.25, 0.3) is 0 Å². The minimum Gasteiger partial charge on any atom is -0.490 e. The lowest BCUT2D eigenvalue weighted by molar-refractivity contribution is 0.0698. The van der Waals surface area contributed by atoms with Crippen LogP contribution in [0.3, 0.4) is 0 Å². The zero-order valence-corrected chi connectivity index (χ0v) is 24.4. The summed E-state index contributed by atoms with van der Waals surface area (Å²) in [5.41, 5.74) is 3.24. The van der Waals surface area contributed by atoms with Gasteiger partial charge in [-0.2, -0.15) is 0 Å². The molecule has 4 aromatic carbocycles. The Labute approximate surface area is 250 Å². The molecule has 1 amide bonds. The number of carboxylic acids is 1. The molecule has 1 saturated carbocycles. The monoisotopic (exact) mass is 582 g/mol. The Morgan fingerprint density at radius 1 is 0.810 bits per heavy atom. The molecular weight excluding hydrogens is 548 g/mol. The van der Waals surface area contributed by atoms with Crippen molar-refractivity contribution in [2.45, 2.75) is 56.6 Å². The second kappa shape index (κ2) is 13.6. The van der Waals surface area contributed by atoms with Gasteiger partial charge in [0.05, 0.1) is 17.4 Å². The lowest BCUT2D eigenvalue weighted by Crippen LogP contribution is -2.33. The van der Waals surface area contributed by atoms with Gasteiger partial charge in [0.1, 0.15) is 17.2 Å². The van der Waals surface area contributed by atoms with E-state index in [-0.39, 0.29) is 17.4 Å². The van der Waals surface area contributed by atoms with Gasteiger partial charge in [0.2, 0.25) is 0 Å². The fraction of sp³-hybridized carbons (Fsp3) is 0.235. The number of anilines is 1. The number of para-hydroxylation sites is 1. The van der Waals surface area contributed by atoms with E-state index in [1.807, 2.05) is 24.3 Å². The number of rotatable bonds is 10. The Morgan fingerprint density at radius 2 is 1.45 bits per heavy atom. The molecule has 4 aromatic rings. The molecule has 0 aliphatic heterocycles. The van der Waals surface area contributed by atoms with E-state index in [9.17, 15) is 14.7 Å². The molecule has 5 rings (SSSR count). The summed E-state index contributed by atoms with van der Waals surface area (Å²) in [6.07, 6.45) is 4.35. The second-order valence-corrected chi connectivity index (χ2v) is 11.4. The molecule has 1 aliphatic carbocycles. The maximum atomic E-state index is 12.6. The van der Waals surface area contributed by atoms with Crippen LogP contribution >= 0.6 is 11.9 Å². The highest BCUT2D eigenvalue weighted by atomic mass is 32.2. The first-order valence-corrected chi connectivity index (χ1v) is 14.8. The number of hydrogen-bond acceptors (Lipinski definition) is 6. The molecule has 0 aromatic heterocycles. The Hall–Kier alpha value is -4.27. The van der Waals surface area contributed by atoms with Crippen LogP contribution in [0.1, 0.15) is 57.5 Å². The number of nitrogens with one attached hydrogen (secondary N) is 2. The van der Waals surface area contributed by atoms with Crippen LogP contribution in [-0.4, -0.2) is 29.1 Å². The topological polar surface area (TPSA) is 96.9 Å². The molecule has 1 aliphatic rings. The fourth-order valence-corrected chi connectivity index (χ4v) is 5.83. The summed E-state index contributed by atoms with van der Waals surface area (Å²) in [5.74, 6) is 0.551.